The molecular weight excluding hydrogens is 188 g/mol. The molecule has 1 rings (SSSR count). The van der Waals surface area contributed by atoms with Crippen LogP contribution in [-0.4, -0.2) is 29.9 Å². The van der Waals surface area contributed by atoms with Crippen molar-refractivity contribution in [3.05, 3.63) is 0 Å². The van der Waals surface area contributed by atoms with Crippen molar-refractivity contribution >= 4 is 17.7 Å². The number of ketones is 1. The molecule has 0 aromatic heterocycles. The number of carbonyl (C=O) groups excluding carboxylic acids is 2. The number of aliphatic carboxylic acids is 1. The SMILES string of the molecule is COC(=O)C1C(=O)CC(C(=O)O)C1C. The summed E-state index contributed by atoms with van der Waals surface area (Å²) in [4.78, 5) is 33.2. The van der Waals surface area contributed by atoms with Crippen molar-refractivity contribution in [2.75, 3.05) is 7.11 Å². The van der Waals surface area contributed by atoms with E-state index in [2.05, 4.69) is 4.74 Å². The largest absolute Gasteiger partial charge is 0.481 e. The van der Waals surface area contributed by atoms with Crippen LogP contribution in [0.1, 0.15) is 13.3 Å². The monoisotopic (exact) mass is 200 g/mol. The van der Waals surface area contributed by atoms with Gasteiger partial charge in [-0.2, -0.15) is 0 Å². The first-order valence-corrected chi connectivity index (χ1v) is 4.32. The molecule has 1 aliphatic rings. The van der Waals surface area contributed by atoms with Gasteiger partial charge in [0.1, 0.15) is 11.7 Å². The van der Waals surface area contributed by atoms with E-state index < -0.39 is 29.7 Å². The maximum Gasteiger partial charge on any atom is 0.316 e. The minimum atomic E-state index is -1.03. The van der Waals surface area contributed by atoms with Crippen LogP contribution < -0.4 is 0 Å². The van der Waals surface area contributed by atoms with Gasteiger partial charge in [0.15, 0.2) is 0 Å². The molecule has 0 saturated heterocycles. The quantitative estimate of drug-likeness (QED) is 0.504. The van der Waals surface area contributed by atoms with Crippen LogP contribution in [0, 0.1) is 17.8 Å². The van der Waals surface area contributed by atoms with Crippen LogP contribution in [0.3, 0.4) is 0 Å². The summed E-state index contributed by atoms with van der Waals surface area (Å²) in [6.45, 7) is 1.59. The van der Waals surface area contributed by atoms with Crippen LogP contribution >= 0.6 is 0 Å². The molecule has 0 aromatic rings. The smallest absolute Gasteiger partial charge is 0.316 e. The summed E-state index contributed by atoms with van der Waals surface area (Å²) in [6.07, 6.45) is -0.0731. The second kappa shape index (κ2) is 3.77. The number of esters is 1. The first kappa shape index (κ1) is 10.7. The van der Waals surface area contributed by atoms with Gasteiger partial charge in [0, 0.05) is 6.42 Å². The van der Waals surface area contributed by atoms with E-state index in [-0.39, 0.29) is 12.2 Å². The summed E-state index contributed by atoms with van der Waals surface area (Å²) in [5.41, 5.74) is 0. The molecule has 5 nitrogen and oxygen atoms in total. The molecule has 3 atom stereocenters. The number of Topliss-reactive ketones (excluding diaryl/α,β-unsaturated/α-hetero) is 1. The number of carboxylic acid groups (broad SMARTS) is 1. The first-order valence-electron chi connectivity index (χ1n) is 4.32. The Morgan fingerprint density at radius 1 is 1.50 bits per heavy atom. The van der Waals surface area contributed by atoms with Crippen molar-refractivity contribution in [2.24, 2.45) is 17.8 Å². The number of ether oxygens (including phenoxy) is 1. The molecule has 0 spiro atoms. The van der Waals surface area contributed by atoms with Crippen molar-refractivity contribution in [2.45, 2.75) is 13.3 Å². The normalized spacial score (nSPS) is 31.6. The summed E-state index contributed by atoms with van der Waals surface area (Å²) < 4.78 is 4.45. The lowest BCUT2D eigenvalue weighted by Gasteiger charge is -2.13. The predicted molar refractivity (Wildman–Crippen MR) is 45.4 cm³/mol. The maximum absolute atomic E-state index is 11.3. The van der Waals surface area contributed by atoms with E-state index in [0.717, 1.165) is 0 Å². The van der Waals surface area contributed by atoms with Crippen molar-refractivity contribution < 1.29 is 24.2 Å². The lowest BCUT2D eigenvalue weighted by molar-refractivity contribution is -0.150. The highest BCUT2D eigenvalue weighted by Gasteiger charge is 2.47. The zero-order chi connectivity index (χ0) is 10.9. The predicted octanol–water partition coefficient (Wildman–Crippen LogP) is 0.0853. The van der Waals surface area contributed by atoms with E-state index in [1.807, 2.05) is 0 Å². The van der Waals surface area contributed by atoms with Crippen LogP contribution in [0.4, 0.5) is 0 Å². The summed E-state index contributed by atoms with van der Waals surface area (Å²) in [5, 5.41) is 8.77. The topological polar surface area (TPSA) is 80.7 Å². The molecule has 1 N–H and O–H groups in total. The standard InChI is InChI=1S/C9H12O5/c1-4-5(8(11)12)3-6(10)7(4)9(13)14-2/h4-5,7H,3H2,1-2H3,(H,11,12). The third kappa shape index (κ3) is 1.62. The molecule has 3 unspecified atom stereocenters. The fraction of sp³-hybridized carbons (Fsp3) is 0.667. The molecule has 78 valence electrons. The minimum absolute atomic E-state index is 0.0731. The zero-order valence-corrected chi connectivity index (χ0v) is 8.02. The van der Waals surface area contributed by atoms with Crippen molar-refractivity contribution in [1.82, 2.24) is 0 Å². The van der Waals surface area contributed by atoms with Gasteiger partial charge in [-0.25, -0.2) is 0 Å². The minimum Gasteiger partial charge on any atom is -0.481 e. The molecule has 0 aliphatic heterocycles. The average molecular weight is 200 g/mol. The molecule has 14 heavy (non-hydrogen) atoms. The summed E-state index contributed by atoms with van der Waals surface area (Å²) >= 11 is 0. The van der Waals surface area contributed by atoms with Gasteiger partial charge in [0.25, 0.3) is 0 Å². The Hall–Kier alpha value is -1.39. The van der Waals surface area contributed by atoms with Crippen LogP contribution in [0.25, 0.3) is 0 Å². The van der Waals surface area contributed by atoms with E-state index >= 15 is 0 Å². The molecule has 0 heterocycles. The van der Waals surface area contributed by atoms with E-state index in [4.69, 9.17) is 5.11 Å². The number of rotatable bonds is 2. The number of carbonyl (C=O) groups is 3. The van der Waals surface area contributed by atoms with Gasteiger partial charge in [-0.3, -0.25) is 14.4 Å². The summed E-state index contributed by atoms with van der Waals surface area (Å²) in [5.74, 6) is -4.14. The fourth-order valence-corrected chi connectivity index (χ4v) is 1.84. The molecule has 0 amide bonds. The van der Waals surface area contributed by atoms with Crippen LogP contribution in [0.5, 0.6) is 0 Å². The second-order valence-corrected chi connectivity index (χ2v) is 3.48. The van der Waals surface area contributed by atoms with E-state index in [0.29, 0.717) is 0 Å². The molecule has 1 saturated carbocycles. The Kier molecular flexibility index (Phi) is 2.88. The lowest BCUT2D eigenvalue weighted by atomic mass is 9.91. The average Bonchev–Trinajstić information content (AvgIpc) is 2.41. The van der Waals surface area contributed by atoms with Gasteiger partial charge in [0.05, 0.1) is 13.0 Å². The van der Waals surface area contributed by atoms with Gasteiger partial charge in [-0.1, -0.05) is 6.92 Å². The molecule has 0 radical (unpaired) electrons. The summed E-state index contributed by atoms with van der Waals surface area (Å²) in [6, 6.07) is 0. The highest BCUT2D eigenvalue weighted by atomic mass is 16.5. The number of methoxy groups -OCH3 is 1. The maximum atomic E-state index is 11.3. The highest BCUT2D eigenvalue weighted by Crippen LogP contribution is 2.34. The van der Waals surface area contributed by atoms with Crippen molar-refractivity contribution in [3.63, 3.8) is 0 Å². The fourth-order valence-electron chi connectivity index (χ4n) is 1.84. The van der Waals surface area contributed by atoms with E-state index in [1.54, 1.807) is 6.92 Å². The van der Waals surface area contributed by atoms with E-state index in [1.165, 1.54) is 7.11 Å². The molecule has 5 heteroatoms. The Morgan fingerprint density at radius 3 is 2.43 bits per heavy atom. The number of hydrogen-bond donors (Lipinski definition) is 1. The van der Waals surface area contributed by atoms with Gasteiger partial charge in [-0.05, 0) is 5.92 Å². The second-order valence-electron chi connectivity index (χ2n) is 3.48. The number of carboxylic acids is 1. The highest BCUT2D eigenvalue weighted by molar-refractivity contribution is 6.03. The Morgan fingerprint density at radius 2 is 2.07 bits per heavy atom. The Balaban J connectivity index is 2.85. The molecule has 1 fully saturated rings. The first-order chi connectivity index (χ1) is 6.49. The molecule has 0 aromatic carbocycles. The van der Waals surface area contributed by atoms with Gasteiger partial charge in [-0.15, -0.1) is 0 Å². The van der Waals surface area contributed by atoms with Crippen LogP contribution in [-0.2, 0) is 19.1 Å². The van der Waals surface area contributed by atoms with E-state index in [9.17, 15) is 14.4 Å². The zero-order valence-electron chi connectivity index (χ0n) is 8.02. The van der Waals surface area contributed by atoms with Gasteiger partial charge < -0.3 is 9.84 Å². The van der Waals surface area contributed by atoms with Crippen molar-refractivity contribution in [3.8, 4) is 0 Å². The van der Waals surface area contributed by atoms with Gasteiger partial charge in [0.2, 0.25) is 0 Å². The molecule has 1 aliphatic carbocycles. The lowest BCUT2D eigenvalue weighted by Crippen LogP contribution is -2.27. The summed E-state index contributed by atoms with van der Waals surface area (Å²) in [7, 11) is 1.19. The van der Waals surface area contributed by atoms with Crippen LogP contribution in [0.15, 0.2) is 0 Å². The Bertz CT molecular complexity index is 283. The van der Waals surface area contributed by atoms with Crippen LogP contribution in [0.2, 0.25) is 0 Å². The van der Waals surface area contributed by atoms with Gasteiger partial charge >= 0.3 is 11.9 Å². The van der Waals surface area contributed by atoms with Crippen molar-refractivity contribution in [1.29, 1.82) is 0 Å². The third-order valence-electron chi connectivity index (χ3n) is 2.70. The molecule has 0 bridgehead atoms. The Labute approximate surface area is 81.0 Å². The number of hydrogen-bond acceptors (Lipinski definition) is 4. The third-order valence-corrected chi connectivity index (χ3v) is 2.70. The molecular formula is C9H12O5.